The molecule has 0 amide bonds. The van der Waals surface area contributed by atoms with E-state index >= 15 is 0 Å². The summed E-state index contributed by atoms with van der Waals surface area (Å²) in [6.07, 6.45) is 1.58. The molecule has 0 aromatic heterocycles. The van der Waals surface area contributed by atoms with Crippen molar-refractivity contribution in [3.63, 3.8) is 0 Å². The third-order valence-electron chi connectivity index (χ3n) is 1.34. The van der Waals surface area contributed by atoms with E-state index < -0.39 is 12.0 Å². The van der Waals surface area contributed by atoms with E-state index in [0.29, 0.717) is 13.0 Å². The third kappa shape index (κ3) is 4.60. The van der Waals surface area contributed by atoms with Crippen LogP contribution in [-0.4, -0.2) is 48.7 Å². The summed E-state index contributed by atoms with van der Waals surface area (Å²) in [6.45, 7) is 0.585. The number of hydrogen-bond donors (Lipinski definition) is 1. The quantitative estimate of drug-likeness (QED) is 0.457. The van der Waals surface area contributed by atoms with Crippen LogP contribution in [-0.2, 0) is 9.59 Å². The molecular formula is C7H12N2O3. The Bertz CT molecular complexity index is 195. The van der Waals surface area contributed by atoms with Gasteiger partial charge in [0, 0.05) is 6.54 Å². The first-order valence-electron chi connectivity index (χ1n) is 3.52. The molecule has 0 heterocycles. The SMILES string of the molecule is CN(C)CCC(N=C=O)C(=O)O. The van der Waals surface area contributed by atoms with Gasteiger partial charge in [-0.25, -0.2) is 9.59 Å². The first-order valence-corrected chi connectivity index (χ1v) is 3.52. The first-order chi connectivity index (χ1) is 5.57. The maximum absolute atomic E-state index is 10.4. The Labute approximate surface area is 70.7 Å². The molecule has 0 spiro atoms. The van der Waals surface area contributed by atoms with Crippen LogP contribution in [0.4, 0.5) is 0 Å². The van der Waals surface area contributed by atoms with Crippen LogP contribution in [0.1, 0.15) is 6.42 Å². The van der Waals surface area contributed by atoms with Gasteiger partial charge in [0.05, 0.1) is 0 Å². The van der Waals surface area contributed by atoms with Crippen LogP contribution in [0.5, 0.6) is 0 Å². The molecule has 0 bridgehead atoms. The summed E-state index contributed by atoms with van der Waals surface area (Å²) >= 11 is 0. The van der Waals surface area contributed by atoms with Crippen molar-refractivity contribution in [1.82, 2.24) is 4.90 Å². The molecule has 0 saturated heterocycles. The van der Waals surface area contributed by atoms with Gasteiger partial charge in [0.2, 0.25) is 6.08 Å². The number of hydrogen-bond acceptors (Lipinski definition) is 4. The van der Waals surface area contributed by atoms with Crippen molar-refractivity contribution >= 4 is 12.0 Å². The molecule has 0 aromatic carbocycles. The fourth-order valence-electron chi connectivity index (χ4n) is 0.687. The topological polar surface area (TPSA) is 70.0 Å². The van der Waals surface area contributed by atoms with Crippen LogP contribution in [0.3, 0.4) is 0 Å². The van der Waals surface area contributed by atoms with Gasteiger partial charge in [0.25, 0.3) is 0 Å². The fourth-order valence-corrected chi connectivity index (χ4v) is 0.687. The minimum atomic E-state index is -1.08. The smallest absolute Gasteiger partial charge is 0.329 e. The monoisotopic (exact) mass is 172 g/mol. The number of carboxylic acids is 1. The molecule has 0 saturated carbocycles. The molecule has 0 radical (unpaired) electrons. The highest BCUT2D eigenvalue weighted by atomic mass is 16.4. The molecule has 1 atom stereocenters. The van der Waals surface area contributed by atoms with Crippen molar-refractivity contribution in [1.29, 1.82) is 0 Å². The normalized spacial score (nSPS) is 12.2. The zero-order valence-electron chi connectivity index (χ0n) is 7.15. The molecule has 1 N–H and O–H groups in total. The van der Waals surface area contributed by atoms with Crippen LogP contribution in [0.25, 0.3) is 0 Å². The van der Waals surface area contributed by atoms with Crippen LogP contribution in [0, 0.1) is 0 Å². The molecule has 0 aliphatic carbocycles. The van der Waals surface area contributed by atoms with Crippen molar-refractivity contribution in [2.75, 3.05) is 20.6 Å². The van der Waals surface area contributed by atoms with E-state index in [0.717, 1.165) is 0 Å². The molecule has 0 aliphatic heterocycles. The van der Waals surface area contributed by atoms with E-state index in [9.17, 15) is 9.59 Å². The van der Waals surface area contributed by atoms with E-state index in [-0.39, 0.29) is 0 Å². The summed E-state index contributed by atoms with van der Waals surface area (Å²) in [7, 11) is 3.65. The zero-order chi connectivity index (χ0) is 9.56. The number of rotatable bonds is 5. The van der Waals surface area contributed by atoms with Gasteiger partial charge in [-0.3, -0.25) is 0 Å². The van der Waals surface area contributed by atoms with E-state index in [1.54, 1.807) is 0 Å². The molecule has 0 aliphatic rings. The molecule has 0 fully saturated rings. The second kappa shape index (κ2) is 5.46. The van der Waals surface area contributed by atoms with Gasteiger partial charge in [-0.15, -0.1) is 0 Å². The Morgan fingerprint density at radius 2 is 2.25 bits per heavy atom. The predicted octanol–water partition coefficient (Wildman–Crippen LogP) is -0.273. The van der Waals surface area contributed by atoms with Crippen molar-refractivity contribution < 1.29 is 14.7 Å². The standard InChI is InChI=1S/C7H12N2O3/c1-9(2)4-3-6(7(11)12)8-5-10/h6H,3-4H2,1-2H3,(H,11,12). The highest BCUT2D eigenvalue weighted by Gasteiger charge is 2.15. The molecule has 68 valence electrons. The molecule has 0 aromatic rings. The largest absolute Gasteiger partial charge is 0.480 e. The van der Waals surface area contributed by atoms with Crippen molar-refractivity contribution in [2.45, 2.75) is 12.5 Å². The lowest BCUT2D eigenvalue weighted by Gasteiger charge is -2.10. The number of aliphatic imine (C=N–C) groups is 1. The summed E-state index contributed by atoms with van der Waals surface area (Å²) in [5, 5.41) is 8.53. The van der Waals surface area contributed by atoms with Crippen molar-refractivity contribution in [3.05, 3.63) is 0 Å². The average Bonchev–Trinajstić information content (AvgIpc) is 1.96. The van der Waals surface area contributed by atoms with Gasteiger partial charge in [-0.2, -0.15) is 4.99 Å². The summed E-state index contributed by atoms with van der Waals surface area (Å²) in [5.74, 6) is -1.08. The number of nitrogens with zero attached hydrogens (tertiary/aromatic N) is 2. The minimum absolute atomic E-state index is 0.331. The maximum atomic E-state index is 10.4. The zero-order valence-corrected chi connectivity index (χ0v) is 7.15. The lowest BCUT2D eigenvalue weighted by molar-refractivity contribution is -0.138. The number of carbonyl (C=O) groups excluding carboxylic acids is 1. The fraction of sp³-hybridized carbons (Fsp3) is 0.714. The molecule has 12 heavy (non-hydrogen) atoms. The summed E-state index contributed by atoms with van der Waals surface area (Å²) in [5.41, 5.74) is 0. The van der Waals surface area contributed by atoms with Gasteiger partial charge in [-0.05, 0) is 20.5 Å². The van der Waals surface area contributed by atoms with Crippen LogP contribution >= 0.6 is 0 Å². The number of isocyanates is 1. The maximum Gasteiger partial charge on any atom is 0.329 e. The van der Waals surface area contributed by atoms with Crippen LogP contribution < -0.4 is 0 Å². The Morgan fingerprint density at radius 1 is 1.67 bits per heavy atom. The van der Waals surface area contributed by atoms with Gasteiger partial charge < -0.3 is 10.0 Å². The summed E-state index contributed by atoms with van der Waals surface area (Å²) < 4.78 is 0. The van der Waals surface area contributed by atoms with Crippen molar-refractivity contribution in [3.8, 4) is 0 Å². The highest BCUT2D eigenvalue weighted by Crippen LogP contribution is 1.97. The molecule has 1 unspecified atom stereocenters. The summed E-state index contributed by atoms with van der Waals surface area (Å²) in [4.78, 5) is 25.2. The van der Waals surface area contributed by atoms with E-state index in [1.165, 1.54) is 6.08 Å². The van der Waals surface area contributed by atoms with Gasteiger partial charge in [0.1, 0.15) is 0 Å². The first kappa shape index (κ1) is 10.8. The van der Waals surface area contributed by atoms with Crippen LogP contribution in [0.2, 0.25) is 0 Å². The van der Waals surface area contributed by atoms with Gasteiger partial charge in [-0.1, -0.05) is 0 Å². The Hall–Kier alpha value is -1.19. The average molecular weight is 172 g/mol. The number of carboxylic acid groups (broad SMARTS) is 1. The number of aliphatic carboxylic acids is 1. The lowest BCUT2D eigenvalue weighted by Crippen LogP contribution is -2.24. The third-order valence-corrected chi connectivity index (χ3v) is 1.34. The van der Waals surface area contributed by atoms with Crippen LogP contribution in [0.15, 0.2) is 4.99 Å². The summed E-state index contributed by atoms with van der Waals surface area (Å²) in [6, 6.07) is -0.954. The Balaban J connectivity index is 3.96. The van der Waals surface area contributed by atoms with Gasteiger partial charge >= 0.3 is 5.97 Å². The second-order valence-corrected chi connectivity index (χ2v) is 2.67. The molecule has 5 heteroatoms. The lowest BCUT2D eigenvalue weighted by atomic mass is 10.2. The van der Waals surface area contributed by atoms with E-state index in [1.807, 2.05) is 19.0 Å². The van der Waals surface area contributed by atoms with E-state index in [2.05, 4.69) is 4.99 Å². The Kier molecular flexibility index (Phi) is 4.92. The molecular weight excluding hydrogens is 160 g/mol. The van der Waals surface area contributed by atoms with E-state index in [4.69, 9.17) is 5.11 Å². The predicted molar refractivity (Wildman–Crippen MR) is 42.7 cm³/mol. The Morgan fingerprint density at radius 3 is 2.58 bits per heavy atom. The number of carbonyl (C=O) groups is 1. The second-order valence-electron chi connectivity index (χ2n) is 2.67. The van der Waals surface area contributed by atoms with Gasteiger partial charge in [0.15, 0.2) is 6.04 Å². The molecule has 5 nitrogen and oxygen atoms in total. The molecule has 0 rings (SSSR count). The highest BCUT2D eigenvalue weighted by molar-refractivity contribution is 5.74. The van der Waals surface area contributed by atoms with Crippen molar-refractivity contribution in [2.24, 2.45) is 4.99 Å². The minimum Gasteiger partial charge on any atom is -0.480 e.